The predicted octanol–water partition coefficient (Wildman–Crippen LogP) is 6.52. The third-order valence-electron chi connectivity index (χ3n) is 7.99. The lowest BCUT2D eigenvalue weighted by Crippen LogP contribution is -2.48. The molecule has 0 aliphatic heterocycles. The summed E-state index contributed by atoms with van der Waals surface area (Å²) in [5.74, 6) is 2.55. The fraction of sp³-hybridized carbons (Fsp3) is 0.567. The van der Waals surface area contributed by atoms with Crippen LogP contribution in [-0.4, -0.2) is 62.1 Å². The summed E-state index contributed by atoms with van der Waals surface area (Å²) in [6.07, 6.45) is 0.854. The first kappa shape index (κ1) is 37.1. The van der Waals surface area contributed by atoms with Gasteiger partial charge in [-0.1, -0.05) is 57.7 Å². The molecule has 11 nitrogen and oxygen atoms in total. The maximum Gasteiger partial charge on any atom is 0.407 e. The number of benzene rings is 1. The lowest BCUT2D eigenvalue weighted by molar-refractivity contribution is 0.0598. The van der Waals surface area contributed by atoms with Crippen LogP contribution in [0, 0.1) is 12.8 Å². The molecule has 0 saturated carbocycles. The van der Waals surface area contributed by atoms with Gasteiger partial charge in [-0.25, -0.2) is 9.59 Å². The number of carbonyl (C=O) groups excluding carboxylic acids is 2. The fourth-order valence-corrected chi connectivity index (χ4v) is 7.83. The second kappa shape index (κ2) is 16.3. The average Bonchev–Trinajstić information content (AvgIpc) is 3.43. The van der Waals surface area contributed by atoms with E-state index in [1.807, 2.05) is 13.0 Å². The van der Waals surface area contributed by atoms with Crippen molar-refractivity contribution in [3.05, 3.63) is 47.1 Å². The molecule has 1 aromatic heterocycles. The van der Waals surface area contributed by atoms with E-state index in [0.717, 1.165) is 5.56 Å². The van der Waals surface area contributed by atoms with Crippen molar-refractivity contribution in [2.45, 2.75) is 78.0 Å². The molecule has 0 spiro atoms. The average molecular weight is 667 g/mol. The van der Waals surface area contributed by atoms with Crippen LogP contribution >= 0.6 is 24.0 Å². The van der Waals surface area contributed by atoms with E-state index in [1.54, 1.807) is 25.8 Å². The van der Waals surface area contributed by atoms with E-state index in [1.165, 1.54) is 13.2 Å². The Hall–Kier alpha value is -3.10. The molecule has 244 valence electrons. The van der Waals surface area contributed by atoms with Gasteiger partial charge < -0.3 is 33.8 Å². The first-order valence-corrected chi connectivity index (χ1v) is 18.7. The molecule has 0 aliphatic carbocycles. The van der Waals surface area contributed by atoms with Crippen LogP contribution in [0.3, 0.4) is 0 Å². The van der Waals surface area contributed by atoms with Gasteiger partial charge in [-0.15, -0.1) is 0 Å². The number of thiocarbonyl (C=S) groups is 1. The number of hydrogen-bond donors (Lipinski definition) is 2. The van der Waals surface area contributed by atoms with Crippen LogP contribution in [0.15, 0.2) is 23.2 Å². The summed E-state index contributed by atoms with van der Waals surface area (Å²) in [6.45, 7) is 20.5. The topological polar surface area (TPSA) is 134 Å². The van der Waals surface area contributed by atoms with E-state index in [-0.39, 0.29) is 24.0 Å². The molecule has 0 aliphatic rings. The molecule has 2 rings (SSSR count). The molecule has 0 unspecified atom stereocenters. The third kappa shape index (κ3) is 9.45. The molecule has 2 N–H and O–H groups in total. The Labute approximate surface area is 271 Å². The zero-order valence-electron chi connectivity index (χ0n) is 27.4. The molecule has 2 aromatic rings. The number of carbonyl (C=O) groups is 2. The van der Waals surface area contributed by atoms with Crippen LogP contribution in [0.2, 0.25) is 18.1 Å². The number of ether oxygens (including phenoxy) is 3. The Kier molecular flexibility index (Phi) is 13.7. The van der Waals surface area contributed by atoms with Gasteiger partial charge in [0.15, 0.2) is 5.82 Å². The second-order valence-electron chi connectivity index (χ2n) is 11.6. The van der Waals surface area contributed by atoms with E-state index in [9.17, 15) is 9.59 Å². The molecule has 1 amide bonds. The highest BCUT2D eigenvalue weighted by Gasteiger charge is 2.45. The molecule has 1 aromatic carbocycles. The van der Waals surface area contributed by atoms with Crippen LogP contribution < -0.4 is 19.8 Å². The predicted molar refractivity (Wildman–Crippen MR) is 179 cm³/mol. The van der Waals surface area contributed by atoms with Gasteiger partial charge >= 0.3 is 12.1 Å². The van der Waals surface area contributed by atoms with Gasteiger partial charge in [-0.2, -0.15) is 16.7 Å². The maximum absolute atomic E-state index is 13.1. The number of thioether (sulfide) groups is 1. The van der Waals surface area contributed by atoms with Crippen molar-refractivity contribution in [2.24, 2.45) is 5.92 Å². The lowest BCUT2D eigenvalue weighted by atomic mass is 9.99. The van der Waals surface area contributed by atoms with Crippen molar-refractivity contribution in [1.29, 1.82) is 0 Å². The SMILES string of the molecule is C=CCOC(=O)NCc1noc([C@H](CSCc2c(O[Si](C)(C)C(C)(C)C(C)C)cc(OC)c(C)c2C(=O)OC)NC(C)=S)n1. The third-order valence-corrected chi connectivity index (χ3v) is 13.6. The number of esters is 1. The molecule has 0 radical (unpaired) electrons. The van der Waals surface area contributed by atoms with Gasteiger partial charge in [0.05, 0.1) is 31.3 Å². The maximum atomic E-state index is 13.1. The zero-order chi connectivity index (χ0) is 33.2. The molecule has 14 heteroatoms. The lowest BCUT2D eigenvalue weighted by Gasteiger charge is -2.43. The zero-order valence-corrected chi connectivity index (χ0v) is 30.0. The number of nitrogens with one attached hydrogen (secondary N) is 2. The van der Waals surface area contributed by atoms with Crippen LogP contribution in [-0.2, 0) is 21.8 Å². The highest BCUT2D eigenvalue weighted by Crippen LogP contribution is 2.47. The highest BCUT2D eigenvalue weighted by molar-refractivity contribution is 7.98. The number of hydrogen-bond acceptors (Lipinski definition) is 11. The molecular formula is C30H46N4O7S2Si. The van der Waals surface area contributed by atoms with Crippen LogP contribution in [0.1, 0.15) is 73.9 Å². The summed E-state index contributed by atoms with van der Waals surface area (Å²) in [5, 5.41) is 9.67. The smallest absolute Gasteiger partial charge is 0.407 e. The van der Waals surface area contributed by atoms with E-state index >= 15 is 0 Å². The van der Waals surface area contributed by atoms with E-state index in [0.29, 0.717) is 50.9 Å². The van der Waals surface area contributed by atoms with Crippen molar-refractivity contribution in [3.8, 4) is 11.5 Å². The molecule has 0 bridgehead atoms. The minimum absolute atomic E-state index is 0.0244. The van der Waals surface area contributed by atoms with E-state index < -0.39 is 26.4 Å². The molecule has 0 fully saturated rings. The summed E-state index contributed by atoms with van der Waals surface area (Å²) < 4.78 is 28.2. The van der Waals surface area contributed by atoms with Crippen molar-refractivity contribution in [1.82, 2.24) is 20.8 Å². The second-order valence-corrected chi connectivity index (χ2v) is 17.7. The van der Waals surface area contributed by atoms with Gasteiger partial charge in [-0.05, 0) is 37.9 Å². The summed E-state index contributed by atoms with van der Waals surface area (Å²) in [6, 6.07) is 1.44. The molecule has 44 heavy (non-hydrogen) atoms. The largest absolute Gasteiger partial charge is 0.543 e. The minimum atomic E-state index is -2.37. The Morgan fingerprint density at radius 3 is 2.50 bits per heavy atom. The molecule has 1 heterocycles. The van der Waals surface area contributed by atoms with Crippen LogP contribution in [0.25, 0.3) is 0 Å². The van der Waals surface area contributed by atoms with Gasteiger partial charge in [0.1, 0.15) is 24.1 Å². The summed E-state index contributed by atoms with van der Waals surface area (Å²) in [5.41, 5.74) is 1.83. The summed E-state index contributed by atoms with van der Waals surface area (Å²) in [7, 11) is 0.571. The monoisotopic (exact) mass is 666 g/mol. The first-order chi connectivity index (χ1) is 20.6. The molecule has 1 atom stereocenters. The highest BCUT2D eigenvalue weighted by atomic mass is 32.2. The Morgan fingerprint density at radius 2 is 1.93 bits per heavy atom. The number of alkyl carbamates (subject to hydrolysis) is 1. The number of nitrogens with zero attached hydrogens (tertiary/aromatic N) is 2. The normalized spacial score (nSPS) is 12.3. The molecule has 0 saturated heterocycles. The summed E-state index contributed by atoms with van der Waals surface area (Å²) >= 11 is 6.86. The van der Waals surface area contributed by atoms with Crippen LogP contribution in [0.4, 0.5) is 4.79 Å². The van der Waals surface area contributed by atoms with E-state index in [4.69, 9.17) is 35.4 Å². The number of amides is 1. The van der Waals surface area contributed by atoms with Crippen molar-refractivity contribution in [3.63, 3.8) is 0 Å². The van der Waals surface area contributed by atoms with Gasteiger partial charge in [0.25, 0.3) is 8.32 Å². The van der Waals surface area contributed by atoms with Crippen molar-refractivity contribution >= 4 is 49.3 Å². The summed E-state index contributed by atoms with van der Waals surface area (Å²) in [4.78, 5) is 29.9. The van der Waals surface area contributed by atoms with Crippen molar-refractivity contribution < 1.29 is 32.7 Å². The Bertz CT molecular complexity index is 1330. The molecular weight excluding hydrogens is 621 g/mol. The van der Waals surface area contributed by atoms with Gasteiger partial charge in [0, 0.05) is 28.7 Å². The standard InChI is InChI=1S/C30H46N4O7S2Si/c1-12-13-39-29(36)31-15-25-33-27(40-34-25)22(32-20(5)42)17-43-16-21-24(41-44(10,11)30(6,7)18(2)3)14-23(37-8)19(4)26(21)28(35)38-9/h12,14,18,22H,1,13,15-17H2,2-11H3,(H,31,36)(H,32,42)/t22-/m0/s1. The Balaban J connectivity index is 2.40. The number of aromatic nitrogens is 2. The van der Waals surface area contributed by atoms with Gasteiger partial charge in [-0.3, -0.25) is 0 Å². The number of methoxy groups -OCH3 is 2. The Morgan fingerprint density at radius 1 is 1.25 bits per heavy atom. The van der Waals surface area contributed by atoms with Crippen molar-refractivity contribution in [2.75, 3.05) is 26.6 Å². The fourth-order valence-electron chi connectivity index (χ4n) is 4.23. The quantitative estimate of drug-likeness (QED) is 0.0875. The number of rotatable bonds is 16. The minimum Gasteiger partial charge on any atom is -0.543 e. The van der Waals surface area contributed by atoms with E-state index in [2.05, 4.69) is 68.1 Å². The van der Waals surface area contributed by atoms with Crippen LogP contribution in [0.5, 0.6) is 11.5 Å². The first-order valence-electron chi connectivity index (χ1n) is 14.3. The van der Waals surface area contributed by atoms with Gasteiger partial charge in [0.2, 0.25) is 5.89 Å².